The molecule has 14 heavy (non-hydrogen) atoms. The molecule has 1 aromatic heterocycles. The summed E-state index contributed by atoms with van der Waals surface area (Å²) in [5.74, 6) is 0. The summed E-state index contributed by atoms with van der Waals surface area (Å²) >= 11 is 1.77. The van der Waals surface area contributed by atoms with Crippen molar-refractivity contribution in [3.8, 4) is 10.4 Å². The first kappa shape index (κ1) is 9.44. The van der Waals surface area contributed by atoms with Gasteiger partial charge in [0.2, 0.25) is 0 Å². The van der Waals surface area contributed by atoms with E-state index in [4.69, 9.17) is 5.73 Å². The Hall–Kier alpha value is -1.12. The first-order chi connectivity index (χ1) is 6.77. The second-order valence-corrected chi connectivity index (χ2v) is 4.47. The Labute approximate surface area is 88.2 Å². The van der Waals surface area contributed by atoms with Gasteiger partial charge < -0.3 is 5.73 Å². The third-order valence-corrected chi connectivity index (χ3v) is 3.47. The van der Waals surface area contributed by atoms with Crippen molar-refractivity contribution in [3.05, 3.63) is 47.3 Å². The first-order valence-corrected chi connectivity index (χ1v) is 5.50. The van der Waals surface area contributed by atoms with Crippen LogP contribution in [0.25, 0.3) is 10.4 Å². The van der Waals surface area contributed by atoms with Gasteiger partial charge in [0.05, 0.1) is 0 Å². The van der Waals surface area contributed by atoms with Gasteiger partial charge in [0.25, 0.3) is 0 Å². The van der Waals surface area contributed by atoms with Crippen LogP contribution in [0.15, 0.2) is 42.5 Å². The van der Waals surface area contributed by atoms with E-state index in [0.717, 1.165) is 0 Å². The normalized spacial score (nSPS) is 12.7. The quantitative estimate of drug-likeness (QED) is 0.795. The highest BCUT2D eigenvalue weighted by Gasteiger charge is 2.04. The van der Waals surface area contributed by atoms with E-state index < -0.39 is 0 Å². The van der Waals surface area contributed by atoms with E-state index in [1.807, 2.05) is 13.0 Å². The highest BCUT2D eigenvalue weighted by molar-refractivity contribution is 7.15. The third kappa shape index (κ3) is 1.86. The van der Waals surface area contributed by atoms with Gasteiger partial charge in [0.15, 0.2) is 0 Å². The summed E-state index contributed by atoms with van der Waals surface area (Å²) in [5, 5.41) is 0. The van der Waals surface area contributed by atoms with Crippen LogP contribution in [0.3, 0.4) is 0 Å². The molecule has 0 aliphatic carbocycles. The lowest BCUT2D eigenvalue weighted by Crippen LogP contribution is -2.01. The summed E-state index contributed by atoms with van der Waals surface area (Å²) in [6, 6.07) is 14.8. The molecule has 0 saturated heterocycles. The molecule has 1 nitrogen and oxygen atoms in total. The van der Waals surface area contributed by atoms with Crippen molar-refractivity contribution in [2.45, 2.75) is 13.0 Å². The Morgan fingerprint density at radius 3 is 2.36 bits per heavy atom. The van der Waals surface area contributed by atoms with Gasteiger partial charge in [-0.05, 0) is 24.6 Å². The fourth-order valence-corrected chi connectivity index (χ4v) is 2.32. The molecule has 72 valence electrons. The molecule has 0 spiro atoms. The van der Waals surface area contributed by atoms with Crippen LogP contribution in [0, 0.1) is 0 Å². The monoisotopic (exact) mass is 203 g/mol. The molecule has 0 aliphatic rings. The zero-order valence-corrected chi connectivity index (χ0v) is 8.92. The van der Waals surface area contributed by atoms with Crippen molar-refractivity contribution in [2.75, 3.05) is 0 Å². The van der Waals surface area contributed by atoms with Gasteiger partial charge >= 0.3 is 0 Å². The van der Waals surface area contributed by atoms with Gasteiger partial charge in [-0.15, -0.1) is 11.3 Å². The Morgan fingerprint density at radius 1 is 1.07 bits per heavy atom. The fraction of sp³-hybridized carbons (Fsp3) is 0.167. The number of thiophene rings is 1. The van der Waals surface area contributed by atoms with E-state index in [-0.39, 0.29) is 6.04 Å². The minimum atomic E-state index is 0.137. The number of benzene rings is 1. The van der Waals surface area contributed by atoms with Gasteiger partial charge in [-0.2, -0.15) is 0 Å². The summed E-state index contributed by atoms with van der Waals surface area (Å²) < 4.78 is 0. The number of nitrogens with two attached hydrogens (primary N) is 1. The van der Waals surface area contributed by atoms with Gasteiger partial charge in [-0.3, -0.25) is 0 Å². The van der Waals surface area contributed by atoms with Gasteiger partial charge in [-0.1, -0.05) is 30.3 Å². The van der Waals surface area contributed by atoms with E-state index in [1.165, 1.54) is 15.3 Å². The highest BCUT2D eigenvalue weighted by Crippen LogP contribution is 2.30. The van der Waals surface area contributed by atoms with Crippen LogP contribution < -0.4 is 5.73 Å². The predicted molar refractivity (Wildman–Crippen MR) is 62.4 cm³/mol. The van der Waals surface area contributed by atoms with Crippen LogP contribution in [-0.2, 0) is 0 Å². The van der Waals surface area contributed by atoms with Crippen molar-refractivity contribution < 1.29 is 0 Å². The van der Waals surface area contributed by atoms with Crippen LogP contribution in [0.2, 0.25) is 0 Å². The zero-order chi connectivity index (χ0) is 9.97. The van der Waals surface area contributed by atoms with Crippen molar-refractivity contribution >= 4 is 11.3 Å². The zero-order valence-electron chi connectivity index (χ0n) is 8.10. The lowest BCUT2D eigenvalue weighted by Gasteiger charge is -1.99. The smallest absolute Gasteiger partial charge is 0.0361 e. The third-order valence-electron chi connectivity index (χ3n) is 2.13. The van der Waals surface area contributed by atoms with Crippen molar-refractivity contribution in [1.29, 1.82) is 0 Å². The molecule has 2 rings (SSSR count). The number of hydrogen-bond donors (Lipinski definition) is 1. The predicted octanol–water partition coefficient (Wildman–Crippen LogP) is 3.43. The summed E-state index contributed by atoms with van der Waals surface area (Å²) in [6.45, 7) is 2.01. The molecular formula is C12H13NS. The Balaban J connectivity index is 2.34. The average Bonchev–Trinajstić information content (AvgIpc) is 2.68. The maximum absolute atomic E-state index is 5.82. The molecule has 0 bridgehead atoms. The lowest BCUT2D eigenvalue weighted by molar-refractivity contribution is 0.838. The van der Waals surface area contributed by atoms with E-state index >= 15 is 0 Å². The summed E-state index contributed by atoms with van der Waals surface area (Å²) in [7, 11) is 0. The molecule has 2 heteroatoms. The maximum atomic E-state index is 5.82. The van der Waals surface area contributed by atoms with Crippen LogP contribution in [0.1, 0.15) is 17.8 Å². The molecule has 0 fully saturated rings. The topological polar surface area (TPSA) is 26.0 Å². The first-order valence-electron chi connectivity index (χ1n) is 4.68. The minimum Gasteiger partial charge on any atom is -0.324 e. The molecule has 1 aromatic carbocycles. The van der Waals surface area contributed by atoms with Crippen LogP contribution >= 0.6 is 11.3 Å². The largest absolute Gasteiger partial charge is 0.324 e. The van der Waals surface area contributed by atoms with Crippen molar-refractivity contribution in [3.63, 3.8) is 0 Å². The molecule has 0 unspecified atom stereocenters. The van der Waals surface area contributed by atoms with Crippen LogP contribution in [0.5, 0.6) is 0 Å². The second kappa shape index (κ2) is 3.95. The van der Waals surface area contributed by atoms with E-state index in [0.29, 0.717) is 0 Å². The molecule has 1 heterocycles. The summed E-state index contributed by atoms with van der Waals surface area (Å²) in [6.07, 6.45) is 0. The van der Waals surface area contributed by atoms with Crippen LogP contribution in [-0.4, -0.2) is 0 Å². The fourth-order valence-electron chi connectivity index (χ4n) is 1.36. The van der Waals surface area contributed by atoms with Crippen LogP contribution in [0.4, 0.5) is 0 Å². The Morgan fingerprint density at radius 2 is 1.79 bits per heavy atom. The molecule has 2 N–H and O–H groups in total. The van der Waals surface area contributed by atoms with Gasteiger partial charge in [-0.25, -0.2) is 0 Å². The molecule has 0 radical (unpaired) electrons. The molecular weight excluding hydrogens is 190 g/mol. The second-order valence-electron chi connectivity index (χ2n) is 3.36. The molecule has 1 atom stereocenters. The van der Waals surface area contributed by atoms with E-state index in [2.05, 4.69) is 36.4 Å². The molecule has 2 aromatic rings. The number of hydrogen-bond acceptors (Lipinski definition) is 2. The summed E-state index contributed by atoms with van der Waals surface area (Å²) in [4.78, 5) is 2.53. The van der Waals surface area contributed by atoms with Crippen molar-refractivity contribution in [2.24, 2.45) is 5.73 Å². The average molecular weight is 203 g/mol. The highest BCUT2D eigenvalue weighted by atomic mass is 32.1. The maximum Gasteiger partial charge on any atom is 0.0361 e. The minimum absolute atomic E-state index is 0.137. The Bertz CT molecular complexity index is 403. The van der Waals surface area contributed by atoms with Gasteiger partial charge in [0, 0.05) is 15.8 Å². The molecule has 0 saturated carbocycles. The SMILES string of the molecule is C[C@@H](N)c1ccc(-c2ccccc2)s1. The van der Waals surface area contributed by atoms with Gasteiger partial charge in [0.1, 0.15) is 0 Å². The molecule has 0 amide bonds. The lowest BCUT2D eigenvalue weighted by atomic mass is 10.2. The Kier molecular flexibility index (Phi) is 2.66. The number of rotatable bonds is 2. The summed E-state index contributed by atoms with van der Waals surface area (Å²) in [5.41, 5.74) is 7.08. The van der Waals surface area contributed by atoms with E-state index in [1.54, 1.807) is 11.3 Å². The molecule has 0 aliphatic heterocycles. The van der Waals surface area contributed by atoms with Crippen molar-refractivity contribution in [1.82, 2.24) is 0 Å². The standard InChI is InChI=1S/C12H13NS/c1-9(13)11-7-8-12(14-11)10-5-3-2-4-6-10/h2-9H,13H2,1H3/t9-/m1/s1. The van der Waals surface area contributed by atoms with E-state index in [9.17, 15) is 0 Å².